The molecule has 0 atom stereocenters. The molecule has 0 spiro atoms. The van der Waals surface area contributed by atoms with E-state index in [9.17, 15) is 18.0 Å². The van der Waals surface area contributed by atoms with Gasteiger partial charge in [0.1, 0.15) is 0 Å². The van der Waals surface area contributed by atoms with Crippen LogP contribution < -0.4 is 10.9 Å². The van der Waals surface area contributed by atoms with Crippen molar-refractivity contribution in [3.63, 3.8) is 0 Å². The van der Waals surface area contributed by atoms with Crippen LogP contribution in [0.2, 0.25) is 0 Å². The molecule has 1 amide bonds. The molecule has 0 bridgehead atoms. The molecular weight excluding hydrogens is 406 g/mol. The van der Waals surface area contributed by atoms with Crippen LogP contribution in [0.1, 0.15) is 15.9 Å². The number of hydrogen-bond donors (Lipinski definition) is 2. The summed E-state index contributed by atoms with van der Waals surface area (Å²) >= 11 is 0. The van der Waals surface area contributed by atoms with Crippen molar-refractivity contribution < 1.29 is 17.9 Å². The van der Waals surface area contributed by atoms with E-state index in [2.05, 4.69) is 10.3 Å². The third-order valence-electron chi connectivity index (χ3n) is 5.06. The van der Waals surface area contributed by atoms with Crippen molar-refractivity contribution in [2.75, 3.05) is 31.6 Å². The van der Waals surface area contributed by atoms with Crippen LogP contribution in [0.5, 0.6) is 0 Å². The smallest absolute Gasteiger partial charge is 0.256 e. The lowest BCUT2D eigenvalue weighted by molar-refractivity contribution is 0.0730. The Bertz CT molecular complexity index is 1280. The Morgan fingerprint density at radius 2 is 1.83 bits per heavy atom. The summed E-state index contributed by atoms with van der Waals surface area (Å²) in [5, 5.41) is 3.36. The first-order valence-corrected chi connectivity index (χ1v) is 10.9. The molecule has 0 saturated carbocycles. The Kier molecular flexibility index (Phi) is 5.42. The summed E-state index contributed by atoms with van der Waals surface area (Å²) in [5.41, 5.74) is 1.46. The lowest BCUT2D eigenvalue weighted by Gasteiger charge is -2.26. The van der Waals surface area contributed by atoms with E-state index in [1.165, 1.54) is 22.5 Å². The van der Waals surface area contributed by atoms with Crippen LogP contribution in [-0.2, 0) is 14.8 Å². The topological polar surface area (TPSA) is 109 Å². The fourth-order valence-electron chi connectivity index (χ4n) is 3.41. The van der Waals surface area contributed by atoms with Gasteiger partial charge in [0.25, 0.3) is 5.91 Å². The number of amides is 1. The van der Waals surface area contributed by atoms with Gasteiger partial charge in [-0.3, -0.25) is 9.59 Å². The largest absolute Gasteiger partial charge is 0.379 e. The summed E-state index contributed by atoms with van der Waals surface area (Å²) in [5.74, 6) is -0.485. The fourth-order valence-corrected chi connectivity index (χ4v) is 4.85. The second-order valence-electron chi connectivity index (χ2n) is 7.04. The average molecular weight is 427 g/mol. The number of carbonyl (C=O) groups is 1. The minimum absolute atomic E-state index is 0.0982. The predicted octanol–water partition coefficient (Wildman–Crippen LogP) is 2.11. The molecule has 0 radical (unpaired) electrons. The molecule has 2 heterocycles. The molecule has 0 aliphatic carbocycles. The Labute approximate surface area is 173 Å². The zero-order valence-electron chi connectivity index (χ0n) is 16.3. The number of para-hydroxylation sites is 1. The molecule has 2 aromatic carbocycles. The SMILES string of the molecule is Cc1ccc(S(=O)(=O)N2CCOCC2)cc1NC(=O)c1cc(=O)[nH]c2ccccc12. The zero-order chi connectivity index (χ0) is 21.3. The summed E-state index contributed by atoms with van der Waals surface area (Å²) in [6.07, 6.45) is 0. The van der Waals surface area contributed by atoms with Gasteiger partial charge >= 0.3 is 0 Å². The molecule has 4 rings (SSSR count). The van der Waals surface area contributed by atoms with Crippen LogP contribution >= 0.6 is 0 Å². The minimum atomic E-state index is -3.70. The monoisotopic (exact) mass is 427 g/mol. The van der Waals surface area contributed by atoms with Crippen LogP contribution in [0.15, 0.2) is 58.2 Å². The first-order valence-electron chi connectivity index (χ1n) is 9.48. The summed E-state index contributed by atoms with van der Waals surface area (Å²) < 4.78 is 32.5. The van der Waals surface area contributed by atoms with Gasteiger partial charge in [0, 0.05) is 35.7 Å². The van der Waals surface area contributed by atoms with Crippen LogP contribution in [-0.4, -0.2) is 49.9 Å². The van der Waals surface area contributed by atoms with Crippen molar-refractivity contribution in [3.05, 3.63) is 70.0 Å². The molecule has 30 heavy (non-hydrogen) atoms. The number of anilines is 1. The van der Waals surface area contributed by atoms with Gasteiger partial charge < -0.3 is 15.0 Å². The first-order chi connectivity index (χ1) is 14.4. The summed E-state index contributed by atoms with van der Waals surface area (Å²) in [6, 6.07) is 12.9. The number of aromatic amines is 1. The number of benzene rings is 2. The number of nitrogens with zero attached hydrogens (tertiary/aromatic N) is 1. The van der Waals surface area contributed by atoms with E-state index in [1.807, 2.05) is 0 Å². The minimum Gasteiger partial charge on any atom is -0.379 e. The molecule has 1 aliphatic rings. The highest BCUT2D eigenvalue weighted by Crippen LogP contribution is 2.25. The maximum Gasteiger partial charge on any atom is 0.256 e. The number of fused-ring (bicyclic) bond motifs is 1. The summed E-state index contributed by atoms with van der Waals surface area (Å²) in [4.78, 5) is 27.7. The van der Waals surface area contributed by atoms with Crippen LogP contribution in [0.4, 0.5) is 5.69 Å². The third-order valence-corrected chi connectivity index (χ3v) is 6.95. The van der Waals surface area contributed by atoms with E-state index in [4.69, 9.17) is 4.74 Å². The van der Waals surface area contributed by atoms with Gasteiger partial charge in [0.15, 0.2) is 0 Å². The number of rotatable bonds is 4. The third kappa shape index (κ3) is 3.87. The molecule has 1 aromatic heterocycles. The van der Waals surface area contributed by atoms with Gasteiger partial charge in [0.05, 0.1) is 23.7 Å². The molecule has 1 saturated heterocycles. The van der Waals surface area contributed by atoms with Crippen molar-refractivity contribution in [3.8, 4) is 0 Å². The number of morpholine rings is 1. The Morgan fingerprint density at radius 3 is 2.60 bits per heavy atom. The van der Waals surface area contributed by atoms with E-state index >= 15 is 0 Å². The lowest BCUT2D eigenvalue weighted by atomic mass is 10.1. The molecular formula is C21H21N3O5S. The van der Waals surface area contributed by atoms with Crippen molar-refractivity contribution in [2.24, 2.45) is 0 Å². The van der Waals surface area contributed by atoms with Crippen LogP contribution in [0.3, 0.4) is 0 Å². The average Bonchev–Trinajstić information content (AvgIpc) is 2.75. The second-order valence-corrected chi connectivity index (χ2v) is 8.98. The molecule has 0 unspecified atom stereocenters. The van der Waals surface area contributed by atoms with Gasteiger partial charge in [-0.15, -0.1) is 0 Å². The highest BCUT2D eigenvalue weighted by Gasteiger charge is 2.27. The number of sulfonamides is 1. The van der Waals surface area contributed by atoms with Crippen LogP contribution in [0, 0.1) is 6.92 Å². The standard InChI is InChI=1S/C21H21N3O5S/c1-14-6-7-15(30(27,28)24-8-10-29-11-9-24)12-19(14)23-21(26)17-13-20(25)22-18-5-3-2-4-16(17)18/h2-7,12-13H,8-11H2,1H3,(H,22,25)(H,23,26). The number of ether oxygens (including phenoxy) is 1. The first kappa shape index (κ1) is 20.3. The summed E-state index contributed by atoms with van der Waals surface area (Å²) in [7, 11) is -3.70. The zero-order valence-corrected chi connectivity index (χ0v) is 17.2. The van der Waals surface area contributed by atoms with Gasteiger partial charge in [-0.1, -0.05) is 24.3 Å². The molecule has 9 heteroatoms. The van der Waals surface area contributed by atoms with E-state index in [1.54, 1.807) is 37.3 Å². The van der Waals surface area contributed by atoms with Gasteiger partial charge in [-0.05, 0) is 30.7 Å². The molecule has 3 aromatic rings. The van der Waals surface area contributed by atoms with E-state index < -0.39 is 15.9 Å². The van der Waals surface area contributed by atoms with E-state index in [-0.39, 0.29) is 29.1 Å². The van der Waals surface area contributed by atoms with Crippen molar-refractivity contribution in [1.29, 1.82) is 0 Å². The van der Waals surface area contributed by atoms with Crippen molar-refractivity contribution in [2.45, 2.75) is 11.8 Å². The number of nitrogens with one attached hydrogen (secondary N) is 2. The number of aryl methyl sites for hydroxylation is 1. The lowest BCUT2D eigenvalue weighted by Crippen LogP contribution is -2.40. The van der Waals surface area contributed by atoms with E-state index in [0.29, 0.717) is 35.4 Å². The maximum absolute atomic E-state index is 13.0. The predicted molar refractivity (Wildman–Crippen MR) is 113 cm³/mol. The number of pyridine rings is 1. The van der Waals surface area contributed by atoms with E-state index in [0.717, 1.165) is 0 Å². The Hall–Kier alpha value is -3.01. The van der Waals surface area contributed by atoms with Crippen LogP contribution in [0.25, 0.3) is 10.9 Å². The van der Waals surface area contributed by atoms with Crippen molar-refractivity contribution >= 4 is 32.5 Å². The normalized spacial score (nSPS) is 15.2. The summed E-state index contributed by atoms with van der Waals surface area (Å²) in [6.45, 7) is 3.05. The molecule has 1 fully saturated rings. The molecule has 8 nitrogen and oxygen atoms in total. The number of carbonyl (C=O) groups excluding carboxylic acids is 1. The number of hydrogen-bond acceptors (Lipinski definition) is 5. The van der Waals surface area contributed by atoms with Gasteiger partial charge in [0.2, 0.25) is 15.6 Å². The molecule has 1 aliphatic heterocycles. The highest BCUT2D eigenvalue weighted by molar-refractivity contribution is 7.89. The molecule has 2 N–H and O–H groups in total. The van der Waals surface area contributed by atoms with Crippen molar-refractivity contribution in [1.82, 2.24) is 9.29 Å². The Morgan fingerprint density at radius 1 is 1.10 bits per heavy atom. The van der Waals surface area contributed by atoms with Gasteiger partial charge in [-0.25, -0.2) is 8.42 Å². The second kappa shape index (κ2) is 8.02. The Balaban J connectivity index is 1.68. The quantitative estimate of drug-likeness (QED) is 0.663. The number of H-pyrrole nitrogens is 1. The highest BCUT2D eigenvalue weighted by atomic mass is 32.2. The fraction of sp³-hybridized carbons (Fsp3) is 0.238. The maximum atomic E-state index is 13.0. The number of aromatic nitrogens is 1. The van der Waals surface area contributed by atoms with Gasteiger partial charge in [-0.2, -0.15) is 4.31 Å². The molecule has 156 valence electrons.